The Morgan fingerprint density at radius 1 is 0.614 bits per heavy atom. The summed E-state index contributed by atoms with van der Waals surface area (Å²) >= 11 is 0. The summed E-state index contributed by atoms with van der Waals surface area (Å²) in [5.74, 6) is 2.36. The van der Waals surface area contributed by atoms with Crippen LogP contribution in [0.2, 0.25) is 0 Å². The molecule has 0 atom stereocenters. The van der Waals surface area contributed by atoms with Crippen LogP contribution >= 0.6 is 0 Å². The van der Waals surface area contributed by atoms with Gasteiger partial charge in [0, 0.05) is 11.6 Å². The van der Waals surface area contributed by atoms with E-state index in [-0.39, 0.29) is 4.90 Å². The fourth-order valence-corrected chi connectivity index (χ4v) is 5.52. The lowest BCUT2D eigenvalue weighted by atomic mass is 9.83. The minimum absolute atomic E-state index is 0.0724. The molecule has 0 aliphatic rings. The summed E-state index contributed by atoms with van der Waals surface area (Å²) < 4.78 is 60.2. The van der Waals surface area contributed by atoms with Crippen LogP contribution in [0.4, 0.5) is 0 Å². The van der Waals surface area contributed by atoms with Crippen molar-refractivity contribution in [3.63, 3.8) is 0 Å². The number of aryl methyl sites for hydroxylation is 1. The maximum atomic E-state index is 13.4. The number of hydrazone groups is 1. The average Bonchev–Trinajstić information content (AvgIpc) is 3.05. The third-order valence-corrected chi connectivity index (χ3v) is 8.24. The van der Waals surface area contributed by atoms with Crippen molar-refractivity contribution in [1.29, 1.82) is 0 Å². The molecule has 0 saturated carbocycles. The number of sulfonamides is 1. The van der Waals surface area contributed by atoms with Gasteiger partial charge in [-0.25, -0.2) is 0 Å². The molecule has 0 heterocycles. The van der Waals surface area contributed by atoms with Crippen molar-refractivity contribution in [3.05, 3.63) is 101 Å². The van der Waals surface area contributed by atoms with E-state index in [2.05, 4.69) is 9.93 Å². The zero-order valence-electron chi connectivity index (χ0n) is 25.7. The second kappa shape index (κ2) is 14.0. The van der Waals surface area contributed by atoms with Crippen molar-refractivity contribution in [2.45, 2.75) is 17.7 Å². The lowest BCUT2D eigenvalue weighted by Gasteiger charge is -2.24. The molecule has 0 bridgehead atoms. The zero-order chi connectivity index (χ0) is 31.9. The predicted octanol–water partition coefficient (Wildman–Crippen LogP) is 5.56. The largest absolute Gasteiger partial charge is 0.497 e. The van der Waals surface area contributed by atoms with Crippen LogP contribution in [0.5, 0.6) is 34.5 Å². The number of nitrogens with one attached hydrogen (secondary N) is 1. The van der Waals surface area contributed by atoms with Crippen LogP contribution in [-0.2, 0) is 10.0 Å². The highest BCUT2D eigenvalue weighted by Crippen LogP contribution is 2.39. The Hall–Kier alpha value is -4.90. The van der Waals surface area contributed by atoms with Crippen LogP contribution in [0.1, 0.15) is 28.2 Å². The fourth-order valence-electron chi connectivity index (χ4n) is 4.70. The Morgan fingerprint density at radius 2 is 1.09 bits per heavy atom. The SMILES string of the molecule is COc1cc(OC)cc(/C(=N\NS(=O)(=O)c2ccc(C)cc2)C(c2ccc(OC)c(OC)c2)c2ccc(OC)c(OC)c2)c1. The minimum Gasteiger partial charge on any atom is -0.497 e. The summed E-state index contributed by atoms with van der Waals surface area (Å²) in [5.41, 5.74) is 3.27. The van der Waals surface area contributed by atoms with Crippen LogP contribution in [0.25, 0.3) is 0 Å². The van der Waals surface area contributed by atoms with Crippen LogP contribution in [0, 0.1) is 6.92 Å². The van der Waals surface area contributed by atoms with Crippen molar-refractivity contribution in [1.82, 2.24) is 4.83 Å². The van der Waals surface area contributed by atoms with E-state index in [0.717, 1.165) is 16.7 Å². The minimum atomic E-state index is -4.05. The first-order valence-corrected chi connectivity index (χ1v) is 15.0. The van der Waals surface area contributed by atoms with Crippen molar-refractivity contribution in [2.75, 3.05) is 42.7 Å². The van der Waals surface area contributed by atoms with E-state index in [9.17, 15) is 8.42 Å². The molecule has 0 spiro atoms. The topological polar surface area (TPSA) is 114 Å². The van der Waals surface area contributed by atoms with Crippen molar-refractivity contribution >= 4 is 15.7 Å². The van der Waals surface area contributed by atoms with Gasteiger partial charge in [-0.15, -0.1) is 0 Å². The van der Waals surface area contributed by atoms with Crippen LogP contribution < -0.4 is 33.3 Å². The van der Waals surface area contributed by atoms with Gasteiger partial charge in [-0.3, -0.25) is 0 Å². The molecule has 0 fully saturated rings. The molecular formula is C33H36N2O8S. The van der Waals surface area contributed by atoms with E-state index < -0.39 is 15.9 Å². The highest BCUT2D eigenvalue weighted by Gasteiger charge is 2.27. The summed E-state index contributed by atoms with van der Waals surface area (Å²) in [4.78, 5) is 2.53. The van der Waals surface area contributed by atoms with E-state index in [0.29, 0.717) is 45.8 Å². The monoisotopic (exact) mass is 620 g/mol. The van der Waals surface area contributed by atoms with Gasteiger partial charge in [0.1, 0.15) is 11.5 Å². The fraction of sp³-hybridized carbons (Fsp3) is 0.242. The van der Waals surface area contributed by atoms with E-state index in [1.165, 1.54) is 26.4 Å². The standard InChI is InChI=1S/C33H36N2O8S/c1-21-8-12-27(13-9-21)44(36,37)35-34-33(24-16-25(38-2)20-26(17-24)39-3)32(22-10-14-28(40-4)30(18-22)42-6)23-11-15-29(41-5)31(19-23)43-7/h8-20,32,35H,1-7H3/b34-33+. The molecule has 0 unspecified atom stereocenters. The highest BCUT2D eigenvalue weighted by molar-refractivity contribution is 7.89. The number of rotatable bonds is 13. The smallest absolute Gasteiger partial charge is 0.276 e. The lowest BCUT2D eigenvalue weighted by molar-refractivity contribution is 0.354. The summed E-state index contributed by atoms with van der Waals surface area (Å²) in [6.45, 7) is 1.88. The third kappa shape index (κ3) is 7.00. The Morgan fingerprint density at radius 3 is 1.52 bits per heavy atom. The van der Waals surface area contributed by atoms with Gasteiger partial charge in [0.2, 0.25) is 0 Å². The molecule has 44 heavy (non-hydrogen) atoms. The van der Waals surface area contributed by atoms with Crippen molar-refractivity contribution < 1.29 is 36.8 Å². The number of methoxy groups -OCH3 is 6. The number of nitrogens with zero attached hydrogens (tertiary/aromatic N) is 1. The number of benzene rings is 4. The van der Waals surface area contributed by atoms with Crippen LogP contribution in [-0.4, -0.2) is 56.8 Å². The number of hydrogen-bond donors (Lipinski definition) is 1. The lowest BCUT2D eigenvalue weighted by Crippen LogP contribution is -2.24. The van der Waals surface area contributed by atoms with E-state index >= 15 is 0 Å². The predicted molar refractivity (Wildman–Crippen MR) is 169 cm³/mol. The second-order valence-corrected chi connectivity index (χ2v) is 11.3. The second-order valence-electron chi connectivity index (χ2n) is 9.67. The zero-order valence-corrected chi connectivity index (χ0v) is 26.5. The molecule has 0 aliphatic carbocycles. The molecule has 10 nitrogen and oxygen atoms in total. The molecule has 11 heteroatoms. The molecule has 0 saturated heterocycles. The normalized spacial score (nSPS) is 11.6. The van der Waals surface area contributed by atoms with E-state index in [1.807, 2.05) is 31.2 Å². The van der Waals surface area contributed by atoms with Crippen LogP contribution in [0.3, 0.4) is 0 Å². The average molecular weight is 621 g/mol. The number of hydrogen-bond acceptors (Lipinski definition) is 9. The first-order valence-electron chi connectivity index (χ1n) is 13.5. The molecule has 0 radical (unpaired) electrons. The van der Waals surface area contributed by atoms with Gasteiger partial charge in [0.25, 0.3) is 10.0 Å². The Balaban J connectivity index is 2.02. The molecule has 4 aromatic rings. The van der Waals surface area contributed by atoms with Crippen LogP contribution in [0.15, 0.2) is 88.9 Å². The third-order valence-electron chi connectivity index (χ3n) is 7.02. The van der Waals surface area contributed by atoms with E-state index in [4.69, 9.17) is 28.4 Å². The summed E-state index contributed by atoms with van der Waals surface area (Å²) in [7, 11) is 5.23. The van der Waals surface area contributed by atoms with Crippen molar-refractivity contribution in [2.24, 2.45) is 5.10 Å². The van der Waals surface area contributed by atoms with Gasteiger partial charge >= 0.3 is 0 Å². The first kappa shape index (κ1) is 32.0. The molecule has 1 N–H and O–H groups in total. The first-order chi connectivity index (χ1) is 21.2. The highest BCUT2D eigenvalue weighted by atomic mass is 32.2. The molecule has 0 aromatic heterocycles. The van der Waals surface area contributed by atoms with Crippen molar-refractivity contribution in [3.8, 4) is 34.5 Å². The quantitative estimate of drug-likeness (QED) is 0.153. The molecule has 4 aromatic carbocycles. The van der Waals surface area contributed by atoms with Gasteiger partial charge in [-0.1, -0.05) is 29.8 Å². The molecule has 232 valence electrons. The maximum absolute atomic E-state index is 13.4. The Bertz CT molecular complexity index is 1660. The molecular weight excluding hydrogens is 584 g/mol. The molecule has 4 rings (SSSR count). The van der Waals surface area contributed by atoms with Gasteiger partial charge < -0.3 is 28.4 Å². The summed E-state index contributed by atoms with van der Waals surface area (Å²) in [6.07, 6.45) is 0. The number of ether oxygens (including phenoxy) is 6. The van der Waals surface area contributed by atoms with Gasteiger partial charge in [0.15, 0.2) is 23.0 Å². The van der Waals surface area contributed by atoms with Gasteiger partial charge in [-0.05, 0) is 66.6 Å². The molecule has 0 aliphatic heterocycles. The van der Waals surface area contributed by atoms with Gasteiger partial charge in [0.05, 0.1) is 59.2 Å². The summed E-state index contributed by atoms with van der Waals surface area (Å²) in [5, 5.41) is 4.59. The molecule has 0 amide bonds. The van der Waals surface area contributed by atoms with E-state index in [1.54, 1.807) is 70.9 Å². The van der Waals surface area contributed by atoms with Gasteiger partial charge in [-0.2, -0.15) is 18.4 Å². The summed E-state index contributed by atoms with van der Waals surface area (Å²) in [6, 6.07) is 22.7. The maximum Gasteiger partial charge on any atom is 0.276 e. The Kier molecular flexibility index (Phi) is 10.2. The Labute approximate surface area is 258 Å².